The fraction of sp³-hybridized carbons (Fsp3) is 0.0435. The van der Waals surface area contributed by atoms with E-state index in [9.17, 15) is 20.0 Å². The summed E-state index contributed by atoms with van der Waals surface area (Å²) in [5.74, 6) is 0.543. The van der Waals surface area contributed by atoms with Crippen LogP contribution in [0.25, 0.3) is 23.1 Å². The number of aromatic amines is 1. The second kappa shape index (κ2) is 9.42. The summed E-state index contributed by atoms with van der Waals surface area (Å²) in [5.41, 5.74) is 0.896. The summed E-state index contributed by atoms with van der Waals surface area (Å²) in [6.07, 6.45) is 3.23. The monoisotopic (exact) mass is 498 g/mol. The van der Waals surface area contributed by atoms with Gasteiger partial charge in [-0.2, -0.15) is 0 Å². The third-order valence-electron chi connectivity index (χ3n) is 4.88. The fourth-order valence-corrected chi connectivity index (χ4v) is 3.57. The number of ether oxygens (including phenoxy) is 1. The number of rotatable bonds is 6. The molecular weight excluding hydrogens is 483 g/mol. The lowest BCUT2D eigenvalue weighted by Crippen LogP contribution is -2.12. The van der Waals surface area contributed by atoms with E-state index in [0.717, 1.165) is 0 Å². The highest BCUT2D eigenvalue weighted by Crippen LogP contribution is 2.29. The number of hydrogen-bond acceptors (Lipinski definition) is 7. The molecule has 0 saturated carbocycles. The number of aromatic nitrogens is 2. The summed E-state index contributed by atoms with van der Waals surface area (Å²) < 4.78 is 5.27. The summed E-state index contributed by atoms with van der Waals surface area (Å²) in [6, 6.07) is 11.9. The van der Waals surface area contributed by atoms with E-state index in [0.29, 0.717) is 32.6 Å². The van der Waals surface area contributed by atoms with E-state index in [1.54, 1.807) is 36.4 Å². The number of nitrogens with one attached hydrogen (secondary N) is 2. The van der Waals surface area contributed by atoms with E-state index in [1.165, 1.54) is 31.4 Å². The summed E-state index contributed by atoms with van der Waals surface area (Å²) in [4.78, 5) is 30.7. The molecule has 34 heavy (non-hydrogen) atoms. The molecular formula is C23H16Cl2N4O5. The number of nitro benzene ring substituents is 1. The SMILES string of the molecule is COc1cc(O)ccc1/C=C/c1cc([N+](=O)[O-])cc2c(=O)[nH]c(Nc3ccc(Cl)c(Cl)c3)nc12. The summed E-state index contributed by atoms with van der Waals surface area (Å²) >= 11 is 12.0. The predicted molar refractivity (Wildman–Crippen MR) is 132 cm³/mol. The van der Waals surface area contributed by atoms with Crippen LogP contribution in [0.3, 0.4) is 0 Å². The molecule has 11 heteroatoms. The van der Waals surface area contributed by atoms with Gasteiger partial charge in [0.2, 0.25) is 5.95 Å². The van der Waals surface area contributed by atoms with Gasteiger partial charge in [0.05, 0.1) is 33.0 Å². The Morgan fingerprint density at radius 2 is 1.85 bits per heavy atom. The largest absolute Gasteiger partial charge is 0.508 e. The van der Waals surface area contributed by atoms with Crippen molar-refractivity contribution in [2.45, 2.75) is 0 Å². The van der Waals surface area contributed by atoms with Crippen LogP contribution in [0.5, 0.6) is 11.5 Å². The maximum atomic E-state index is 12.8. The molecule has 0 spiro atoms. The molecule has 9 nitrogen and oxygen atoms in total. The van der Waals surface area contributed by atoms with Gasteiger partial charge in [-0.25, -0.2) is 4.98 Å². The molecule has 4 rings (SSSR count). The Bertz CT molecular complexity index is 1520. The number of phenolic OH excluding ortho intramolecular Hbond substituents is 1. The highest BCUT2D eigenvalue weighted by molar-refractivity contribution is 6.42. The summed E-state index contributed by atoms with van der Waals surface area (Å²) in [7, 11) is 1.46. The van der Waals surface area contributed by atoms with Crippen molar-refractivity contribution >= 4 is 63.6 Å². The molecule has 0 bridgehead atoms. The van der Waals surface area contributed by atoms with Gasteiger partial charge in [-0.05, 0) is 30.3 Å². The number of fused-ring (bicyclic) bond motifs is 1. The lowest BCUT2D eigenvalue weighted by atomic mass is 10.1. The molecule has 1 aromatic heterocycles. The van der Waals surface area contributed by atoms with E-state index in [1.807, 2.05) is 0 Å². The number of H-pyrrole nitrogens is 1. The Kier molecular flexibility index (Phi) is 6.40. The van der Waals surface area contributed by atoms with Crippen LogP contribution in [0.15, 0.2) is 53.3 Å². The van der Waals surface area contributed by atoms with E-state index < -0.39 is 10.5 Å². The Morgan fingerprint density at radius 1 is 1.09 bits per heavy atom. The van der Waals surface area contributed by atoms with Crippen LogP contribution in [0, 0.1) is 10.1 Å². The van der Waals surface area contributed by atoms with Gasteiger partial charge in [0.25, 0.3) is 11.2 Å². The molecule has 3 N–H and O–H groups in total. The van der Waals surface area contributed by atoms with Crippen LogP contribution in [0.1, 0.15) is 11.1 Å². The average molecular weight is 499 g/mol. The third-order valence-corrected chi connectivity index (χ3v) is 5.62. The number of hydrogen-bond donors (Lipinski definition) is 3. The van der Waals surface area contributed by atoms with Crippen molar-refractivity contribution in [3.63, 3.8) is 0 Å². The number of benzene rings is 3. The number of anilines is 2. The minimum absolute atomic E-state index is 0.0287. The van der Waals surface area contributed by atoms with Crippen molar-refractivity contribution in [3.8, 4) is 11.5 Å². The van der Waals surface area contributed by atoms with Gasteiger partial charge in [0.1, 0.15) is 11.5 Å². The zero-order valence-electron chi connectivity index (χ0n) is 17.5. The molecule has 0 amide bonds. The van der Waals surface area contributed by atoms with Crippen LogP contribution < -0.4 is 15.6 Å². The van der Waals surface area contributed by atoms with Crippen LogP contribution in [0.2, 0.25) is 10.0 Å². The van der Waals surface area contributed by atoms with Gasteiger partial charge in [-0.1, -0.05) is 35.4 Å². The molecule has 172 valence electrons. The molecule has 0 radical (unpaired) electrons. The first-order chi connectivity index (χ1) is 16.2. The van der Waals surface area contributed by atoms with E-state index in [-0.39, 0.29) is 28.3 Å². The second-order valence-corrected chi connectivity index (χ2v) is 7.93. The van der Waals surface area contributed by atoms with Gasteiger partial charge < -0.3 is 15.2 Å². The molecule has 0 unspecified atom stereocenters. The van der Waals surface area contributed by atoms with Gasteiger partial charge in [0, 0.05) is 35.0 Å². The Hall–Kier alpha value is -4.08. The van der Waals surface area contributed by atoms with Crippen molar-refractivity contribution in [1.82, 2.24) is 9.97 Å². The third kappa shape index (κ3) is 4.80. The highest BCUT2D eigenvalue weighted by atomic mass is 35.5. The molecule has 0 fully saturated rings. The lowest BCUT2D eigenvalue weighted by molar-refractivity contribution is -0.384. The molecule has 4 aromatic rings. The minimum atomic E-state index is -0.584. The van der Waals surface area contributed by atoms with E-state index in [4.69, 9.17) is 27.9 Å². The lowest BCUT2D eigenvalue weighted by Gasteiger charge is -2.09. The smallest absolute Gasteiger partial charge is 0.270 e. The fourth-order valence-electron chi connectivity index (χ4n) is 3.27. The minimum Gasteiger partial charge on any atom is -0.508 e. The van der Waals surface area contributed by atoms with Crippen molar-refractivity contribution in [1.29, 1.82) is 0 Å². The maximum Gasteiger partial charge on any atom is 0.270 e. The zero-order valence-corrected chi connectivity index (χ0v) is 19.0. The Labute approximate surface area is 202 Å². The number of nitrogens with zero attached hydrogens (tertiary/aromatic N) is 2. The van der Waals surface area contributed by atoms with Gasteiger partial charge >= 0.3 is 0 Å². The first-order valence-electron chi connectivity index (χ1n) is 9.75. The number of methoxy groups -OCH3 is 1. The topological polar surface area (TPSA) is 130 Å². The zero-order chi connectivity index (χ0) is 24.4. The molecule has 0 saturated heterocycles. The molecule has 1 heterocycles. The van der Waals surface area contributed by atoms with Gasteiger partial charge in [-0.15, -0.1) is 0 Å². The van der Waals surface area contributed by atoms with Crippen LogP contribution in [-0.2, 0) is 0 Å². The van der Waals surface area contributed by atoms with Crippen molar-refractivity contribution in [3.05, 3.63) is 90.2 Å². The molecule has 0 atom stereocenters. The molecule has 0 aliphatic heterocycles. The first-order valence-corrected chi connectivity index (χ1v) is 10.5. The standard InChI is InChI=1S/C23H16Cl2N4O5/c1-34-20-11-16(30)6-4-12(20)2-3-13-8-15(29(32)33)10-17-21(13)27-23(28-22(17)31)26-14-5-7-18(24)19(25)9-14/h2-11,30H,1H3,(H2,26,27,28,31)/b3-2+. The van der Waals surface area contributed by atoms with Gasteiger partial charge in [0.15, 0.2) is 0 Å². The van der Waals surface area contributed by atoms with E-state index >= 15 is 0 Å². The highest BCUT2D eigenvalue weighted by Gasteiger charge is 2.15. The second-order valence-electron chi connectivity index (χ2n) is 7.12. The van der Waals surface area contributed by atoms with Crippen molar-refractivity contribution in [2.75, 3.05) is 12.4 Å². The maximum absolute atomic E-state index is 12.8. The van der Waals surface area contributed by atoms with Crippen LogP contribution in [0.4, 0.5) is 17.3 Å². The molecule has 3 aromatic carbocycles. The Balaban J connectivity index is 1.84. The van der Waals surface area contributed by atoms with Crippen LogP contribution in [-0.4, -0.2) is 27.1 Å². The quantitative estimate of drug-likeness (QED) is 0.175. The first kappa shape index (κ1) is 23.1. The van der Waals surface area contributed by atoms with Crippen molar-refractivity contribution < 1.29 is 14.8 Å². The number of phenols is 1. The number of non-ortho nitro benzene ring substituents is 1. The summed E-state index contributed by atoms with van der Waals surface area (Å²) in [5, 5.41) is 24.8. The number of nitro groups is 1. The molecule has 0 aliphatic rings. The van der Waals surface area contributed by atoms with Gasteiger partial charge in [-0.3, -0.25) is 19.9 Å². The van der Waals surface area contributed by atoms with E-state index in [2.05, 4.69) is 15.3 Å². The normalized spacial score (nSPS) is 11.1. The molecule has 0 aliphatic carbocycles. The predicted octanol–water partition coefficient (Wildman–Crippen LogP) is 5.77. The average Bonchev–Trinajstić information content (AvgIpc) is 2.80. The number of halogens is 2. The van der Waals surface area contributed by atoms with Crippen molar-refractivity contribution in [2.24, 2.45) is 0 Å². The number of aromatic hydroxyl groups is 1. The van der Waals surface area contributed by atoms with Crippen LogP contribution >= 0.6 is 23.2 Å². The Morgan fingerprint density at radius 3 is 2.56 bits per heavy atom. The summed E-state index contributed by atoms with van der Waals surface area (Å²) in [6.45, 7) is 0.